The van der Waals surface area contributed by atoms with E-state index in [0.29, 0.717) is 18.7 Å². The van der Waals surface area contributed by atoms with Gasteiger partial charge in [0.25, 0.3) is 5.91 Å². The van der Waals surface area contributed by atoms with Gasteiger partial charge in [-0.3, -0.25) is 9.59 Å². The number of benzene rings is 2. The molecule has 1 heterocycles. The molecule has 4 amide bonds. The minimum Gasteiger partial charge on any atom is -0.343 e. The number of urea groups is 1. The quantitative estimate of drug-likeness (QED) is 0.606. The van der Waals surface area contributed by atoms with E-state index < -0.39 is 24.7 Å². The molecule has 1 fully saturated rings. The zero-order valence-corrected chi connectivity index (χ0v) is 17.2. The van der Waals surface area contributed by atoms with Gasteiger partial charge in [0.05, 0.1) is 0 Å². The van der Waals surface area contributed by atoms with Crippen LogP contribution in [-0.4, -0.2) is 42.0 Å². The lowest BCUT2D eigenvalue weighted by molar-refractivity contribution is -0.128. The summed E-state index contributed by atoms with van der Waals surface area (Å²) in [7, 11) is 0. The Morgan fingerprint density at radius 3 is 2.38 bits per heavy atom. The van der Waals surface area contributed by atoms with Crippen molar-refractivity contribution in [2.45, 2.75) is 32.1 Å². The maximum absolute atomic E-state index is 12.2. The minimum atomic E-state index is -4.49. The van der Waals surface area contributed by atoms with E-state index in [0.717, 1.165) is 24.1 Å². The van der Waals surface area contributed by atoms with Crippen LogP contribution < -0.4 is 16.0 Å². The van der Waals surface area contributed by atoms with Crippen molar-refractivity contribution in [3.05, 3.63) is 65.2 Å². The Morgan fingerprint density at radius 2 is 1.72 bits per heavy atom. The molecule has 2 aromatic carbocycles. The molecule has 1 aliphatic heterocycles. The number of carbonyl (C=O) groups excluding carboxylic acids is 3. The summed E-state index contributed by atoms with van der Waals surface area (Å²) in [4.78, 5) is 37.4. The van der Waals surface area contributed by atoms with Gasteiger partial charge >= 0.3 is 12.2 Å². The average molecular weight is 448 g/mol. The molecule has 170 valence electrons. The van der Waals surface area contributed by atoms with Crippen LogP contribution in [0.25, 0.3) is 0 Å². The molecular formula is C22H23F3N4O3. The third-order valence-corrected chi connectivity index (χ3v) is 4.84. The molecule has 0 aliphatic carbocycles. The largest absolute Gasteiger partial charge is 0.405 e. The molecule has 1 saturated heterocycles. The van der Waals surface area contributed by atoms with Gasteiger partial charge in [-0.25, -0.2) is 4.79 Å². The zero-order chi connectivity index (χ0) is 23.1. The maximum Gasteiger partial charge on any atom is 0.405 e. The van der Waals surface area contributed by atoms with Gasteiger partial charge in [-0.05, 0) is 41.8 Å². The first-order valence-corrected chi connectivity index (χ1v) is 10.0. The lowest BCUT2D eigenvalue weighted by Gasteiger charge is -2.16. The monoisotopic (exact) mass is 448 g/mol. The predicted octanol–water partition coefficient (Wildman–Crippen LogP) is 3.42. The first kappa shape index (κ1) is 23.1. The van der Waals surface area contributed by atoms with E-state index in [1.807, 2.05) is 29.2 Å². The maximum atomic E-state index is 12.2. The second kappa shape index (κ2) is 10.2. The summed E-state index contributed by atoms with van der Waals surface area (Å²) >= 11 is 0. The molecule has 2 aromatic rings. The van der Waals surface area contributed by atoms with Crippen molar-refractivity contribution in [2.75, 3.05) is 18.4 Å². The van der Waals surface area contributed by atoms with Crippen LogP contribution in [-0.2, 0) is 17.9 Å². The van der Waals surface area contributed by atoms with Crippen molar-refractivity contribution in [1.82, 2.24) is 15.5 Å². The van der Waals surface area contributed by atoms with Gasteiger partial charge in [-0.15, -0.1) is 0 Å². The van der Waals surface area contributed by atoms with Crippen LogP contribution in [0.1, 0.15) is 34.3 Å². The first-order valence-electron chi connectivity index (χ1n) is 10.0. The highest BCUT2D eigenvalue weighted by Gasteiger charge is 2.27. The molecule has 3 rings (SSSR count). The Morgan fingerprint density at radius 1 is 1.00 bits per heavy atom. The van der Waals surface area contributed by atoms with Crippen molar-refractivity contribution >= 4 is 23.5 Å². The Bertz CT molecular complexity index is 977. The first-order chi connectivity index (χ1) is 15.2. The molecule has 0 radical (unpaired) electrons. The number of halogens is 3. The summed E-state index contributed by atoms with van der Waals surface area (Å²) in [5.74, 6) is -0.703. The van der Waals surface area contributed by atoms with Crippen LogP contribution >= 0.6 is 0 Å². The molecule has 10 heteroatoms. The van der Waals surface area contributed by atoms with Gasteiger partial charge < -0.3 is 20.9 Å². The zero-order valence-electron chi connectivity index (χ0n) is 17.2. The van der Waals surface area contributed by atoms with Gasteiger partial charge in [0.1, 0.15) is 6.54 Å². The highest BCUT2D eigenvalue weighted by atomic mass is 19.4. The van der Waals surface area contributed by atoms with Gasteiger partial charge in [0.2, 0.25) is 5.91 Å². The lowest BCUT2D eigenvalue weighted by Crippen LogP contribution is -2.33. The number of nitrogens with one attached hydrogen (secondary N) is 3. The average Bonchev–Trinajstić information content (AvgIpc) is 3.15. The van der Waals surface area contributed by atoms with Crippen LogP contribution in [0.5, 0.6) is 0 Å². The Balaban J connectivity index is 1.47. The summed E-state index contributed by atoms with van der Waals surface area (Å²) in [6.07, 6.45) is -3.03. The van der Waals surface area contributed by atoms with Crippen molar-refractivity contribution in [3.8, 4) is 0 Å². The number of carbonyl (C=O) groups is 3. The summed E-state index contributed by atoms with van der Waals surface area (Å²) in [5, 5.41) is 7.10. The molecule has 7 nitrogen and oxygen atoms in total. The summed E-state index contributed by atoms with van der Waals surface area (Å²) < 4.78 is 36.5. The SMILES string of the molecule is O=C(NCc1cccc(CN2CCCC2=O)c1)Nc1ccc(C(=O)NCC(F)(F)F)cc1. The molecule has 3 N–H and O–H groups in total. The van der Waals surface area contributed by atoms with E-state index in [2.05, 4.69) is 10.6 Å². The smallest absolute Gasteiger partial charge is 0.343 e. The molecule has 0 bridgehead atoms. The summed E-state index contributed by atoms with van der Waals surface area (Å²) in [5.41, 5.74) is 2.30. The molecule has 0 spiro atoms. The van der Waals surface area contributed by atoms with Gasteiger partial charge in [-0.2, -0.15) is 13.2 Å². The molecule has 0 saturated carbocycles. The van der Waals surface area contributed by atoms with E-state index in [1.165, 1.54) is 24.3 Å². The van der Waals surface area contributed by atoms with Crippen LogP contribution in [0.4, 0.5) is 23.7 Å². The topological polar surface area (TPSA) is 90.5 Å². The van der Waals surface area contributed by atoms with Crippen molar-refractivity contribution in [2.24, 2.45) is 0 Å². The Kier molecular flexibility index (Phi) is 7.34. The number of nitrogens with zero attached hydrogens (tertiary/aromatic N) is 1. The molecule has 0 aromatic heterocycles. The van der Waals surface area contributed by atoms with Crippen LogP contribution in [0, 0.1) is 0 Å². The summed E-state index contributed by atoms with van der Waals surface area (Å²) in [6.45, 7) is 0.156. The van der Waals surface area contributed by atoms with Crippen LogP contribution in [0.15, 0.2) is 48.5 Å². The number of anilines is 1. The fourth-order valence-electron chi connectivity index (χ4n) is 3.27. The number of amides is 4. The van der Waals surface area contributed by atoms with Crippen LogP contribution in [0.3, 0.4) is 0 Å². The van der Waals surface area contributed by atoms with Gasteiger partial charge in [0, 0.05) is 37.3 Å². The molecule has 0 atom stereocenters. The number of likely N-dealkylation sites (tertiary alicyclic amines) is 1. The highest BCUT2D eigenvalue weighted by Crippen LogP contribution is 2.16. The summed E-state index contributed by atoms with van der Waals surface area (Å²) in [6, 6.07) is 12.6. The Hall–Kier alpha value is -3.56. The van der Waals surface area contributed by atoms with Gasteiger partial charge in [0.15, 0.2) is 0 Å². The normalized spacial score (nSPS) is 13.7. The second-order valence-corrected chi connectivity index (χ2v) is 7.42. The van der Waals surface area contributed by atoms with Crippen molar-refractivity contribution in [1.29, 1.82) is 0 Å². The standard InChI is InChI=1S/C22H23F3N4O3/c23-22(24,25)14-27-20(31)17-6-8-18(9-7-17)28-21(32)26-12-15-3-1-4-16(11-15)13-29-10-2-5-19(29)30/h1,3-4,6-9,11H,2,5,10,12-14H2,(H,27,31)(H2,26,28,32). The number of hydrogen-bond acceptors (Lipinski definition) is 3. The van der Waals surface area contributed by atoms with E-state index in [1.54, 1.807) is 5.32 Å². The molecule has 1 aliphatic rings. The van der Waals surface area contributed by atoms with E-state index in [4.69, 9.17) is 0 Å². The number of hydrogen-bond donors (Lipinski definition) is 3. The minimum absolute atomic E-state index is 0.0495. The fraction of sp³-hybridized carbons (Fsp3) is 0.318. The van der Waals surface area contributed by atoms with Crippen molar-refractivity contribution < 1.29 is 27.6 Å². The highest BCUT2D eigenvalue weighted by molar-refractivity contribution is 5.95. The molecular weight excluding hydrogens is 425 g/mol. The Labute approximate surface area is 183 Å². The predicted molar refractivity (Wildman–Crippen MR) is 112 cm³/mol. The van der Waals surface area contributed by atoms with E-state index in [-0.39, 0.29) is 18.0 Å². The molecule has 32 heavy (non-hydrogen) atoms. The second-order valence-electron chi connectivity index (χ2n) is 7.42. The number of rotatable bonds is 7. The van der Waals surface area contributed by atoms with E-state index >= 15 is 0 Å². The van der Waals surface area contributed by atoms with Crippen LogP contribution in [0.2, 0.25) is 0 Å². The van der Waals surface area contributed by atoms with Crippen molar-refractivity contribution in [3.63, 3.8) is 0 Å². The fourth-order valence-corrected chi connectivity index (χ4v) is 3.27. The third kappa shape index (κ3) is 7.00. The van der Waals surface area contributed by atoms with Gasteiger partial charge in [-0.1, -0.05) is 24.3 Å². The van der Waals surface area contributed by atoms with E-state index in [9.17, 15) is 27.6 Å². The third-order valence-electron chi connectivity index (χ3n) is 4.84. The lowest BCUT2D eigenvalue weighted by atomic mass is 10.1. The number of alkyl halides is 3. The molecule has 0 unspecified atom stereocenters.